The molecule has 1 atom stereocenters. The summed E-state index contributed by atoms with van der Waals surface area (Å²) in [6.45, 7) is 5.24. The minimum atomic E-state index is 0.363. The third-order valence-electron chi connectivity index (χ3n) is 1.93. The highest BCUT2D eigenvalue weighted by atomic mass is 15.4. The van der Waals surface area contributed by atoms with E-state index in [0.717, 1.165) is 13.0 Å². The van der Waals surface area contributed by atoms with E-state index in [4.69, 9.17) is 1.37 Å². The van der Waals surface area contributed by atoms with Crippen molar-refractivity contribution < 1.29 is 1.37 Å². The molecule has 0 amide bonds. The van der Waals surface area contributed by atoms with Crippen molar-refractivity contribution in [3.05, 3.63) is 12.4 Å². The summed E-state index contributed by atoms with van der Waals surface area (Å²) >= 11 is 0. The largest absolute Gasteiger partial charge is 0.359 e. The zero-order valence-electron chi connectivity index (χ0n) is 7.96. The van der Waals surface area contributed by atoms with Crippen LogP contribution >= 0.6 is 0 Å². The summed E-state index contributed by atoms with van der Waals surface area (Å²) < 4.78 is 7.60. The van der Waals surface area contributed by atoms with Crippen LogP contribution in [0.1, 0.15) is 21.6 Å². The Morgan fingerprint density at radius 2 is 2.40 bits per heavy atom. The second-order valence-electron chi connectivity index (χ2n) is 2.75. The minimum Gasteiger partial charge on any atom is -0.359 e. The molecule has 0 aromatic carbocycles. The molecule has 1 unspecified atom stereocenters. The molecule has 10 heavy (non-hydrogen) atoms. The highest BCUT2D eigenvalue weighted by molar-refractivity contribution is 4.93. The molecule has 2 nitrogen and oxygen atoms in total. The van der Waals surface area contributed by atoms with Gasteiger partial charge in [-0.1, -0.05) is 6.92 Å². The molecule has 1 aliphatic rings. The molecule has 0 fully saturated rings. The second kappa shape index (κ2) is 2.95. The van der Waals surface area contributed by atoms with Crippen molar-refractivity contribution in [3.8, 4) is 0 Å². The van der Waals surface area contributed by atoms with Crippen LogP contribution < -0.4 is 0 Å². The van der Waals surface area contributed by atoms with E-state index < -0.39 is 0 Å². The fourth-order valence-electron chi connectivity index (χ4n) is 1.09. The molecule has 0 aromatic rings. The van der Waals surface area contributed by atoms with Gasteiger partial charge in [-0.05, 0) is 13.3 Å². The quantitative estimate of drug-likeness (QED) is 0.574. The molecule has 0 aromatic heterocycles. The van der Waals surface area contributed by atoms with Gasteiger partial charge in [-0.3, -0.25) is 0 Å². The van der Waals surface area contributed by atoms with Crippen LogP contribution in [0.5, 0.6) is 0 Å². The fourth-order valence-corrected chi connectivity index (χ4v) is 1.09. The van der Waals surface area contributed by atoms with Crippen molar-refractivity contribution >= 4 is 0 Å². The van der Waals surface area contributed by atoms with Crippen LogP contribution in [0.4, 0.5) is 0 Å². The van der Waals surface area contributed by atoms with Crippen molar-refractivity contribution in [2.45, 2.75) is 26.4 Å². The first-order valence-electron chi connectivity index (χ1n) is 4.33. The first-order chi connectivity index (χ1) is 5.16. The van der Waals surface area contributed by atoms with E-state index in [-0.39, 0.29) is 0 Å². The molecule has 1 aliphatic heterocycles. The van der Waals surface area contributed by atoms with Crippen molar-refractivity contribution in [2.75, 3.05) is 13.6 Å². The van der Waals surface area contributed by atoms with Crippen LogP contribution in [0.2, 0.25) is 0 Å². The number of hydrogen-bond acceptors (Lipinski definition) is 2. The van der Waals surface area contributed by atoms with Gasteiger partial charge in [0, 0.05) is 26.0 Å². The maximum atomic E-state index is 7.60. The molecule has 1 heterocycles. The summed E-state index contributed by atoms with van der Waals surface area (Å²) in [5, 5.41) is 0. The topological polar surface area (TPSA) is 6.48 Å². The standard InChI is InChI=1S/C8H16N2/c1-4-5-10-7-6-9(3)8(10)2/h6-8H,4-5H2,1-3H3/i7D. The average Bonchev–Trinajstić information content (AvgIpc) is 2.17. The Balaban J connectivity index is 2.59. The normalized spacial score (nSPS) is 26.9. The van der Waals surface area contributed by atoms with Crippen molar-refractivity contribution in [3.63, 3.8) is 0 Å². The van der Waals surface area contributed by atoms with Crippen LogP contribution in [0.25, 0.3) is 0 Å². The Morgan fingerprint density at radius 1 is 1.70 bits per heavy atom. The highest BCUT2D eigenvalue weighted by Crippen LogP contribution is 2.12. The van der Waals surface area contributed by atoms with Crippen LogP contribution in [-0.4, -0.2) is 29.6 Å². The summed E-state index contributed by atoms with van der Waals surface area (Å²) in [5.74, 6) is 0. The second-order valence-corrected chi connectivity index (χ2v) is 2.75. The zero-order chi connectivity index (χ0) is 8.43. The Labute approximate surface area is 64.5 Å². The van der Waals surface area contributed by atoms with Gasteiger partial charge in [0.2, 0.25) is 0 Å². The smallest absolute Gasteiger partial charge is 0.0974 e. The highest BCUT2D eigenvalue weighted by Gasteiger charge is 2.16. The lowest BCUT2D eigenvalue weighted by molar-refractivity contribution is 0.195. The van der Waals surface area contributed by atoms with E-state index in [1.54, 1.807) is 0 Å². The lowest BCUT2D eigenvalue weighted by atomic mass is 10.4. The van der Waals surface area contributed by atoms with Gasteiger partial charge in [0.1, 0.15) is 0 Å². The molecule has 0 N–H and O–H groups in total. The lowest BCUT2D eigenvalue weighted by Gasteiger charge is -2.26. The Hall–Kier alpha value is -0.660. The molecule has 2 heteroatoms. The molecule has 0 saturated carbocycles. The monoisotopic (exact) mass is 141 g/mol. The molecule has 1 rings (SSSR count). The van der Waals surface area contributed by atoms with E-state index in [0.29, 0.717) is 12.3 Å². The van der Waals surface area contributed by atoms with Crippen LogP contribution in [0.3, 0.4) is 0 Å². The first-order valence-corrected chi connectivity index (χ1v) is 3.83. The predicted molar refractivity (Wildman–Crippen MR) is 43.4 cm³/mol. The molecule has 0 aliphatic carbocycles. The van der Waals surface area contributed by atoms with Crippen molar-refractivity contribution in [2.24, 2.45) is 0 Å². The average molecular weight is 141 g/mol. The molecule has 0 bridgehead atoms. The third-order valence-corrected chi connectivity index (χ3v) is 1.93. The lowest BCUT2D eigenvalue weighted by Crippen LogP contribution is -2.33. The number of hydrogen-bond donors (Lipinski definition) is 0. The molecule has 0 spiro atoms. The minimum absolute atomic E-state index is 0.363. The molecule has 58 valence electrons. The van der Waals surface area contributed by atoms with Crippen LogP contribution in [-0.2, 0) is 0 Å². The van der Waals surface area contributed by atoms with E-state index in [1.165, 1.54) is 0 Å². The van der Waals surface area contributed by atoms with E-state index in [9.17, 15) is 0 Å². The van der Waals surface area contributed by atoms with Crippen molar-refractivity contribution in [1.82, 2.24) is 9.80 Å². The van der Waals surface area contributed by atoms with E-state index in [2.05, 4.69) is 23.6 Å². The molecular formula is C8H16N2. The van der Waals surface area contributed by atoms with Crippen LogP contribution in [0, 0.1) is 0 Å². The summed E-state index contributed by atoms with van der Waals surface area (Å²) in [7, 11) is 2.01. The van der Waals surface area contributed by atoms with Gasteiger partial charge in [0.15, 0.2) is 0 Å². The van der Waals surface area contributed by atoms with Crippen molar-refractivity contribution in [1.29, 1.82) is 0 Å². The van der Waals surface area contributed by atoms with Crippen LogP contribution in [0.15, 0.2) is 12.4 Å². The van der Waals surface area contributed by atoms with Gasteiger partial charge < -0.3 is 9.80 Å². The first kappa shape index (κ1) is 6.08. The third kappa shape index (κ3) is 1.25. The van der Waals surface area contributed by atoms with Gasteiger partial charge in [-0.2, -0.15) is 0 Å². The number of nitrogens with zero attached hydrogens (tertiary/aromatic N) is 2. The number of rotatable bonds is 2. The predicted octanol–water partition coefficient (Wildman–Crippen LogP) is 1.46. The Morgan fingerprint density at radius 3 is 2.80 bits per heavy atom. The van der Waals surface area contributed by atoms with Gasteiger partial charge in [0.05, 0.1) is 7.54 Å². The Kier molecular flexibility index (Phi) is 1.79. The maximum absolute atomic E-state index is 7.60. The summed E-state index contributed by atoms with van der Waals surface area (Å²) in [6.07, 6.45) is 3.98. The maximum Gasteiger partial charge on any atom is 0.0974 e. The van der Waals surface area contributed by atoms with Gasteiger partial charge in [-0.15, -0.1) is 0 Å². The van der Waals surface area contributed by atoms with Gasteiger partial charge in [-0.25, -0.2) is 0 Å². The summed E-state index contributed by atoms with van der Waals surface area (Å²) in [5.41, 5.74) is 0. The van der Waals surface area contributed by atoms with E-state index >= 15 is 0 Å². The fraction of sp³-hybridized carbons (Fsp3) is 0.750. The molecule has 0 radical (unpaired) electrons. The summed E-state index contributed by atoms with van der Waals surface area (Å²) in [6, 6.07) is 0. The van der Waals surface area contributed by atoms with Gasteiger partial charge >= 0.3 is 0 Å². The molecule has 0 saturated heterocycles. The van der Waals surface area contributed by atoms with Gasteiger partial charge in [0.25, 0.3) is 0 Å². The van der Waals surface area contributed by atoms with E-state index in [1.807, 2.05) is 13.2 Å². The Bertz CT molecular complexity index is 167. The SMILES string of the molecule is [2H]C1=CN(C)C(C)N1CCC. The summed E-state index contributed by atoms with van der Waals surface area (Å²) in [4.78, 5) is 4.16. The zero-order valence-corrected chi connectivity index (χ0v) is 6.96. The molecular weight excluding hydrogens is 124 g/mol.